The zero-order valence-corrected chi connectivity index (χ0v) is 9.38. The van der Waals surface area contributed by atoms with Gasteiger partial charge in [0.05, 0.1) is 0 Å². The average molecular weight is 206 g/mol. The Labute approximate surface area is 91.8 Å². The molecule has 0 radical (unpaired) electrons. The van der Waals surface area contributed by atoms with Crippen LogP contribution in [0.15, 0.2) is 36.9 Å². The summed E-state index contributed by atoms with van der Waals surface area (Å²) in [7, 11) is 0. The third-order valence-corrected chi connectivity index (χ3v) is 2.70. The molecule has 0 aromatic heterocycles. The van der Waals surface area contributed by atoms with E-state index < -0.39 is 0 Å². The minimum atomic E-state index is -0.155. The highest BCUT2D eigenvalue weighted by atomic mass is 19.1. The van der Waals surface area contributed by atoms with Crippen LogP contribution in [0.5, 0.6) is 0 Å². The number of allylic oxidation sites excluding steroid dienone is 1. The smallest absolute Gasteiger partial charge is 0.123 e. The third kappa shape index (κ3) is 3.86. The molecule has 0 nitrogen and oxygen atoms in total. The molecule has 0 aliphatic heterocycles. The quantitative estimate of drug-likeness (QED) is 0.593. The van der Waals surface area contributed by atoms with Gasteiger partial charge in [0.2, 0.25) is 0 Å². The normalized spacial score (nSPS) is 12.4. The lowest BCUT2D eigenvalue weighted by Crippen LogP contribution is -1.98. The van der Waals surface area contributed by atoms with E-state index in [1.807, 2.05) is 18.2 Å². The fourth-order valence-electron chi connectivity index (χ4n) is 1.88. The molecule has 0 spiro atoms. The van der Waals surface area contributed by atoms with E-state index in [1.54, 1.807) is 12.1 Å². The number of benzene rings is 1. The molecule has 0 fully saturated rings. The van der Waals surface area contributed by atoms with Crippen LogP contribution in [-0.2, 0) is 0 Å². The molecule has 0 N–H and O–H groups in total. The van der Waals surface area contributed by atoms with E-state index in [9.17, 15) is 4.39 Å². The Morgan fingerprint density at radius 2 is 1.93 bits per heavy atom. The highest BCUT2D eigenvalue weighted by Gasteiger charge is 2.09. The first kappa shape index (κ1) is 12.0. The summed E-state index contributed by atoms with van der Waals surface area (Å²) in [6.07, 6.45) is 6.43. The maximum absolute atomic E-state index is 12.8. The molecule has 1 aromatic carbocycles. The first-order valence-corrected chi connectivity index (χ1v) is 5.64. The predicted molar refractivity (Wildman–Crippen MR) is 63.5 cm³/mol. The van der Waals surface area contributed by atoms with Crippen LogP contribution in [-0.4, -0.2) is 0 Å². The van der Waals surface area contributed by atoms with E-state index in [0.29, 0.717) is 5.92 Å². The number of halogens is 1. The summed E-state index contributed by atoms with van der Waals surface area (Å²) < 4.78 is 12.8. The van der Waals surface area contributed by atoms with Crippen LogP contribution in [0, 0.1) is 5.82 Å². The molecule has 82 valence electrons. The minimum absolute atomic E-state index is 0.155. The second kappa shape index (κ2) is 6.39. The summed E-state index contributed by atoms with van der Waals surface area (Å²) in [5, 5.41) is 0. The Balaban J connectivity index is 2.69. The molecule has 0 bridgehead atoms. The molecule has 1 unspecified atom stereocenters. The summed E-state index contributed by atoms with van der Waals surface area (Å²) in [4.78, 5) is 0. The van der Waals surface area contributed by atoms with Crippen molar-refractivity contribution in [2.24, 2.45) is 0 Å². The topological polar surface area (TPSA) is 0 Å². The fraction of sp³-hybridized carbons (Fsp3) is 0.429. The number of hydrogen-bond donors (Lipinski definition) is 0. The molecule has 1 rings (SSSR count). The number of hydrogen-bond acceptors (Lipinski definition) is 0. The summed E-state index contributed by atoms with van der Waals surface area (Å²) in [6, 6.07) is 6.90. The first-order chi connectivity index (χ1) is 7.27. The molecular weight excluding hydrogens is 187 g/mol. The second-order valence-electron chi connectivity index (χ2n) is 3.90. The van der Waals surface area contributed by atoms with E-state index in [1.165, 1.54) is 18.4 Å². The Hall–Kier alpha value is -1.11. The molecule has 1 atom stereocenters. The van der Waals surface area contributed by atoms with Crippen molar-refractivity contribution >= 4 is 0 Å². The molecule has 1 aromatic rings. The van der Waals surface area contributed by atoms with Crippen LogP contribution in [0.2, 0.25) is 0 Å². The molecule has 0 heterocycles. The SMILES string of the molecule is C=CCCC(CCC)c1ccc(F)cc1. The third-order valence-electron chi connectivity index (χ3n) is 2.70. The van der Waals surface area contributed by atoms with Crippen molar-refractivity contribution in [3.05, 3.63) is 48.3 Å². The van der Waals surface area contributed by atoms with E-state index in [2.05, 4.69) is 13.5 Å². The lowest BCUT2D eigenvalue weighted by Gasteiger charge is -2.15. The molecule has 0 amide bonds. The van der Waals surface area contributed by atoms with Crippen molar-refractivity contribution < 1.29 is 4.39 Å². The van der Waals surface area contributed by atoms with E-state index in [4.69, 9.17) is 0 Å². The second-order valence-corrected chi connectivity index (χ2v) is 3.90. The van der Waals surface area contributed by atoms with Crippen LogP contribution in [0.3, 0.4) is 0 Å². The zero-order valence-electron chi connectivity index (χ0n) is 9.38. The molecule has 15 heavy (non-hydrogen) atoms. The summed E-state index contributed by atoms with van der Waals surface area (Å²) in [5.41, 5.74) is 1.25. The van der Waals surface area contributed by atoms with E-state index >= 15 is 0 Å². The standard InChI is InChI=1S/C14H19F/c1-3-5-7-12(6-4-2)13-8-10-14(15)11-9-13/h3,8-12H,1,4-7H2,2H3. The Morgan fingerprint density at radius 3 is 2.47 bits per heavy atom. The molecule has 0 saturated heterocycles. The molecule has 0 saturated carbocycles. The maximum atomic E-state index is 12.8. The van der Waals surface area contributed by atoms with Crippen molar-refractivity contribution in [2.45, 2.75) is 38.5 Å². The largest absolute Gasteiger partial charge is 0.207 e. The maximum Gasteiger partial charge on any atom is 0.123 e. The Morgan fingerprint density at radius 1 is 1.27 bits per heavy atom. The number of rotatable bonds is 6. The van der Waals surface area contributed by atoms with Gasteiger partial charge in [0.15, 0.2) is 0 Å². The summed E-state index contributed by atoms with van der Waals surface area (Å²) >= 11 is 0. The van der Waals surface area contributed by atoms with Gasteiger partial charge in [0.25, 0.3) is 0 Å². The van der Waals surface area contributed by atoms with Gasteiger partial charge in [-0.05, 0) is 42.9 Å². The first-order valence-electron chi connectivity index (χ1n) is 5.64. The summed E-state index contributed by atoms with van der Waals surface area (Å²) in [5.74, 6) is 0.395. The van der Waals surface area contributed by atoms with Gasteiger partial charge >= 0.3 is 0 Å². The van der Waals surface area contributed by atoms with Gasteiger partial charge in [-0.15, -0.1) is 6.58 Å². The van der Waals surface area contributed by atoms with Crippen molar-refractivity contribution in [1.29, 1.82) is 0 Å². The average Bonchev–Trinajstić information content (AvgIpc) is 2.25. The minimum Gasteiger partial charge on any atom is -0.207 e. The van der Waals surface area contributed by atoms with Crippen molar-refractivity contribution in [1.82, 2.24) is 0 Å². The zero-order chi connectivity index (χ0) is 11.1. The Kier molecular flexibility index (Phi) is 5.09. The molecule has 0 aliphatic carbocycles. The summed E-state index contributed by atoms with van der Waals surface area (Å²) in [6.45, 7) is 5.93. The van der Waals surface area contributed by atoms with Gasteiger partial charge in [-0.2, -0.15) is 0 Å². The van der Waals surface area contributed by atoms with Crippen LogP contribution in [0.4, 0.5) is 4.39 Å². The van der Waals surface area contributed by atoms with Gasteiger partial charge in [-0.1, -0.05) is 31.6 Å². The van der Waals surface area contributed by atoms with Crippen LogP contribution in [0.25, 0.3) is 0 Å². The molecule has 0 aliphatic rings. The van der Waals surface area contributed by atoms with Crippen LogP contribution in [0.1, 0.15) is 44.1 Å². The van der Waals surface area contributed by atoms with E-state index in [0.717, 1.165) is 12.8 Å². The lowest BCUT2D eigenvalue weighted by molar-refractivity contribution is 0.570. The predicted octanol–water partition coefficient (Wildman–Crippen LogP) is 4.68. The van der Waals surface area contributed by atoms with Gasteiger partial charge < -0.3 is 0 Å². The molecular formula is C14H19F. The van der Waals surface area contributed by atoms with E-state index in [-0.39, 0.29) is 5.82 Å². The molecule has 1 heteroatoms. The highest BCUT2D eigenvalue weighted by molar-refractivity contribution is 5.20. The Bertz CT molecular complexity index is 287. The van der Waals surface area contributed by atoms with Crippen LogP contribution < -0.4 is 0 Å². The lowest BCUT2D eigenvalue weighted by atomic mass is 9.90. The van der Waals surface area contributed by atoms with Crippen molar-refractivity contribution in [3.63, 3.8) is 0 Å². The highest BCUT2D eigenvalue weighted by Crippen LogP contribution is 2.26. The van der Waals surface area contributed by atoms with Gasteiger partial charge in [-0.3, -0.25) is 0 Å². The van der Waals surface area contributed by atoms with Gasteiger partial charge in [0, 0.05) is 0 Å². The van der Waals surface area contributed by atoms with Gasteiger partial charge in [-0.25, -0.2) is 4.39 Å². The fourth-order valence-corrected chi connectivity index (χ4v) is 1.88. The van der Waals surface area contributed by atoms with Crippen LogP contribution >= 0.6 is 0 Å². The van der Waals surface area contributed by atoms with Gasteiger partial charge in [0.1, 0.15) is 5.82 Å². The van der Waals surface area contributed by atoms with Crippen molar-refractivity contribution in [3.8, 4) is 0 Å². The van der Waals surface area contributed by atoms with Crippen molar-refractivity contribution in [2.75, 3.05) is 0 Å². The monoisotopic (exact) mass is 206 g/mol.